The van der Waals surface area contributed by atoms with E-state index < -0.39 is 0 Å². The van der Waals surface area contributed by atoms with Crippen LogP contribution in [0.15, 0.2) is 17.1 Å². The maximum absolute atomic E-state index is 5.81. The van der Waals surface area contributed by atoms with Gasteiger partial charge in [0.25, 0.3) is 0 Å². The van der Waals surface area contributed by atoms with Gasteiger partial charge in [0.05, 0.1) is 20.8 Å². The van der Waals surface area contributed by atoms with E-state index >= 15 is 0 Å². The molecular formula is C7H6Cl3N3. The van der Waals surface area contributed by atoms with E-state index in [9.17, 15) is 0 Å². The monoisotopic (exact) mass is 237 g/mol. The van der Waals surface area contributed by atoms with E-state index in [1.807, 2.05) is 0 Å². The lowest BCUT2D eigenvalue weighted by molar-refractivity contribution is 1.42. The van der Waals surface area contributed by atoms with Crippen molar-refractivity contribution in [2.75, 3.05) is 0 Å². The second-order valence-electron chi connectivity index (χ2n) is 2.23. The lowest BCUT2D eigenvalue weighted by Crippen LogP contribution is -2.21. The zero-order chi connectivity index (χ0) is 10.0. The first-order valence-corrected chi connectivity index (χ1v) is 4.39. The van der Waals surface area contributed by atoms with Crippen molar-refractivity contribution < 1.29 is 0 Å². The standard InChI is InChI=1S/C7H6Cl3N3/c8-3-1-2-4(13-7(11)12)6(10)5(3)9/h1-2H,(H4,11,12,13). The summed E-state index contributed by atoms with van der Waals surface area (Å²) in [6.07, 6.45) is 0. The Labute approximate surface area is 90.3 Å². The van der Waals surface area contributed by atoms with Gasteiger partial charge in [-0.2, -0.15) is 0 Å². The average molecular weight is 239 g/mol. The summed E-state index contributed by atoms with van der Waals surface area (Å²) in [5.41, 5.74) is 10.7. The molecule has 1 rings (SSSR count). The van der Waals surface area contributed by atoms with Gasteiger partial charge >= 0.3 is 0 Å². The molecule has 0 radical (unpaired) electrons. The van der Waals surface area contributed by atoms with Crippen LogP contribution in [0, 0.1) is 0 Å². The van der Waals surface area contributed by atoms with Crippen molar-refractivity contribution in [1.82, 2.24) is 0 Å². The first-order chi connectivity index (χ1) is 6.02. The third-order valence-electron chi connectivity index (χ3n) is 1.26. The van der Waals surface area contributed by atoms with Crippen molar-refractivity contribution in [1.29, 1.82) is 0 Å². The minimum atomic E-state index is -0.0831. The van der Waals surface area contributed by atoms with Gasteiger partial charge in [-0.05, 0) is 12.1 Å². The molecule has 0 bridgehead atoms. The topological polar surface area (TPSA) is 64.4 Å². The lowest BCUT2D eigenvalue weighted by Gasteiger charge is -2.02. The van der Waals surface area contributed by atoms with Gasteiger partial charge in [-0.1, -0.05) is 34.8 Å². The first kappa shape index (κ1) is 10.4. The van der Waals surface area contributed by atoms with Crippen molar-refractivity contribution in [3.05, 3.63) is 27.2 Å². The average Bonchev–Trinajstić information content (AvgIpc) is 2.06. The molecule has 13 heavy (non-hydrogen) atoms. The largest absolute Gasteiger partial charge is 0.370 e. The fourth-order valence-electron chi connectivity index (χ4n) is 0.741. The Bertz CT molecular complexity index is 358. The van der Waals surface area contributed by atoms with E-state index in [-0.39, 0.29) is 16.0 Å². The summed E-state index contributed by atoms with van der Waals surface area (Å²) in [5, 5.41) is 0.842. The SMILES string of the molecule is NC(N)=Nc1ccc(Cl)c(Cl)c1Cl. The van der Waals surface area contributed by atoms with Crippen LogP contribution in [0.3, 0.4) is 0 Å². The minimum absolute atomic E-state index is 0.0831. The fraction of sp³-hybridized carbons (Fsp3) is 0. The molecule has 0 aliphatic heterocycles. The van der Waals surface area contributed by atoms with Gasteiger partial charge in [0, 0.05) is 0 Å². The normalized spacial score (nSPS) is 9.77. The highest BCUT2D eigenvalue weighted by atomic mass is 35.5. The van der Waals surface area contributed by atoms with Crippen LogP contribution in [0.4, 0.5) is 5.69 Å². The van der Waals surface area contributed by atoms with Crippen molar-refractivity contribution in [3.63, 3.8) is 0 Å². The van der Waals surface area contributed by atoms with Crippen LogP contribution < -0.4 is 11.5 Å². The Balaban J connectivity index is 3.26. The third-order valence-corrected chi connectivity index (χ3v) is 2.55. The van der Waals surface area contributed by atoms with E-state index in [1.54, 1.807) is 12.1 Å². The van der Waals surface area contributed by atoms with Gasteiger partial charge in [-0.15, -0.1) is 0 Å². The summed E-state index contributed by atoms with van der Waals surface area (Å²) >= 11 is 17.3. The van der Waals surface area contributed by atoms with E-state index in [0.29, 0.717) is 10.7 Å². The summed E-state index contributed by atoms with van der Waals surface area (Å²) < 4.78 is 0. The first-order valence-electron chi connectivity index (χ1n) is 3.25. The smallest absolute Gasteiger partial charge is 0.191 e. The molecule has 4 N–H and O–H groups in total. The van der Waals surface area contributed by atoms with Gasteiger partial charge < -0.3 is 11.5 Å². The molecule has 6 heteroatoms. The number of hydrogen-bond donors (Lipinski definition) is 2. The second kappa shape index (κ2) is 4.05. The number of hydrogen-bond acceptors (Lipinski definition) is 1. The highest BCUT2D eigenvalue weighted by molar-refractivity contribution is 6.49. The number of rotatable bonds is 1. The molecular weight excluding hydrogens is 232 g/mol. The van der Waals surface area contributed by atoms with E-state index in [1.165, 1.54) is 0 Å². The highest BCUT2D eigenvalue weighted by Gasteiger charge is 2.07. The minimum Gasteiger partial charge on any atom is -0.370 e. The molecule has 0 aromatic heterocycles. The zero-order valence-corrected chi connectivity index (χ0v) is 8.66. The lowest BCUT2D eigenvalue weighted by atomic mass is 10.3. The third kappa shape index (κ3) is 2.40. The van der Waals surface area contributed by atoms with Crippen LogP contribution >= 0.6 is 34.8 Å². The Kier molecular flexibility index (Phi) is 3.25. The predicted molar refractivity (Wildman–Crippen MR) is 56.9 cm³/mol. The number of aliphatic imine (C=N–C) groups is 1. The Hall–Kier alpha value is -0.640. The summed E-state index contributed by atoms with van der Waals surface area (Å²) in [5.74, 6) is -0.0831. The molecule has 1 aromatic carbocycles. The number of nitrogens with zero attached hydrogens (tertiary/aromatic N) is 1. The molecule has 0 heterocycles. The summed E-state index contributed by atoms with van der Waals surface area (Å²) in [7, 11) is 0. The van der Waals surface area contributed by atoms with Crippen LogP contribution in [0.25, 0.3) is 0 Å². The van der Waals surface area contributed by atoms with E-state index in [2.05, 4.69) is 4.99 Å². The van der Waals surface area contributed by atoms with Crippen LogP contribution in [0.1, 0.15) is 0 Å². The second-order valence-corrected chi connectivity index (χ2v) is 3.39. The number of guanidine groups is 1. The molecule has 0 amide bonds. The molecule has 3 nitrogen and oxygen atoms in total. The molecule has 70 valence electrons. The predicted octanol–water partition coefficient (Wildman–Crippen LogP) is 2.55. The highest BCUT2D eigenvalue weighted by Crippen LogP contribution is 2.36. The van der Waals surface area contributed by atoms with Crippen LogP contribution in [-0.2, 0) is 0 Å². The van der Waals surface area contributed by atoms with Gasteiger partial charge in [0.2, 0.25) is 0 Å². The van der Waals surface area contributed by atoms with Gasteiger partial charge in [0.15, 0.2) is 5.96 Å². The summed E-state index contributed by atoms with van der Waals surface area (Å²) in [4.78, 5) is 3.76. The van der Waals surface area contributed by atoms with E-state index in [4.69, 9.17) is 46.3 Å². The molecule has 1 aromatic rings. The molecule has 0 saturated heterocycles. The zero-order valence-electron chi connectivity index (χ0n) is 6.39. The Morgan fingerprint density at radius 3 is 2.23 bits per heavy atom. The Morgan fingerprint density at radius 1 is 1.08 bits per heavy atom. The molecule has 0 atom stereocenters. The number of benzene rings is 1. The van der Waals surface area contributed by atoms with Gasteiger partial charge in [-0.3, -0.25) is 0 Å². The van der Waals surface area contributed by atoms with E-state index in [0.717, 1.165) is 0 Å². The number of nitrogens with two attached hydrogens (primary N) is 2. The molecule has 0 unspecified atom stereocenters. The quantitative estimate of drug-likeness (QED) is 0.449. The molecule has 0 aliphatic rings. The maximum atomic E-state index is 5.81. The van der Waals surface area contributed by atoms with Crippen molar-refractivity contribution in [3.8, 4) is 0 Å². The van der Waals surface area contributed by atoms with Crippen molar-refractivity contribution >= 4 is 46.4 Å². The van der Waals surface area contributed by atoms with Gasteiger partial charge in [-0.25, -0.2) is 4.99 Å². The number of halogens is 3. The van der Waals surface area contributed by atoms with Crippen molar-refractivity contribution in [2.45, 2.75) is 0 Å². The van der Waals surface area contributed by atoms with Crippen LogP contribution in [0.2, 0.25) is 15.1 Å². The molecule has 0 aliphatic carbocycles. The Morgan fingerprint density at radius 2 is 1.69 bits per heavy atom. The van der Waals surface area contributed by atoms with Crippen molar-refractivity contribution in [2.24, 2.45) is 16.5 Å². The fourth-order valence-corrected chi connectivity index (χ4v) is 1.31. The molecule has 0 spiro atoms. The van der Waals surface area contributed by atoms with Gasteiger partial charge in [0.1, 0.15) is 0 Å². The molecule has 0 fully saturated rings. The maximum Gasteiger partial charge on any atom is 0.191 e. The molecule has 0 saturated carbocycles. The summed E-state index contributed by atoms with van der Waals surface area (Å²) in [6.45, 7) is 0. The van der Waals surface area contributed by atoms with Crippen LogP contribution in [-0.4, -0.2) is 5.96 Å². The summed E-state index contributed by atoms with van der Waals surface area (Å²) in [6, 6.07) is 3.15. The van der Waals surface area contributed by atoms with Crippen LogP contribution in [0.5, 0.6) is 0 Å².